The average molecular weight is 385 g/mol. The predicted molar refractivity (Wildman–Crippen MR) is 98.6 cm³/mol. The average Bonchev–Trinajstić information content (AvgIpc) is 2.97. The summed E-state index contributed by atoms with van der Waals surface area (Å²) in [7, 11) is 0. The lowest BCUT2D eigenvalue weighted by Gasteiger charge is -2.47. The summed E-state index contributed by atoms with van der Waals surface area (Å²) in [4.78, 5) is 2.20. The van der Waals surface area contributed by atoms with E-state index in [2.05, 4.69) is 34.8 Å². The summed E-state index contributed by atoms with van der Waals surface area (Å²) in [5.74, 6) is 1.88. The van der Waals surface area contributed by atoms with E-state index in [1.54, 1.807) is 5.57 Å². The van der Waals surface area contributed by atoms with Gasteiger partial charge in [0, 0.05) is 0 Å². The Kier molecular flexibility index (Phi) is 4.79. The van der Waals surface area contributed by atoms with Crippen LogP contribution in [0.4, 0.5) is 0 Å². The summed E-state index contributed by atoms with van der Waals surface area (Å²) in [5, 5.41) is 10.2. The Bertz CT molecular complexity index is 481. The number of hydrogen-bond acceptors (Lipinski definition) is 2. The minimum Gasteiger partial charge on any atom is -0.390 e. The first-order chi connectivity index (χ1) is 10.7. The zero-order valence-corrected chi connectivity index (χ0v) is 16.8. The van der Waals surface area contributed by atoms with Crippen molar-refractivity contribution >= 4 is 15.9 Å². The molecule has 0 aromatic heterocycles. The van der Waals surface area contributed by atoms with Crippen LogP contribution in [0.2, 0.25) is 0 Å². The number of fused-ring (bicyclic) bond motifs is 1. The number of hydrogen-bond donors (Lipinski definition) is 1. The van der Waals surface area contributed by atoms with Crippen molar-refractivity contribution in [2.24, 2.45) is 23.2 Å². The van der Waals surface area contributed by atoms with Crippen LogP contribution in [0.15, 0.2) is 10.6 Å². The molecule has 0 amide bonds. The molecule has 132 valence electrons. The second kappa shape index (κ2) is 6.14. The van der Waals surface area contributed by atoms with Gasteiger partial charge < -0.3 is 9.84 Å². The molecular formula is C20H33BrO2. The third-order valence-electron chi connectivity index (χ3n) is 6.97. The molecule has 0 spiro atoms. The molecule has 23 heavy (non-hydrogen) atoms. The number of rotatable bonds is 3. The van der Waals surface area contributed by atoms with E-state index < -0.39 is 5.60 Å². The first-order valence-corrected chi connectivity index (χ1v) is 10.2. The molecule has 1 aliphatic heterocycles. The maximum atomic E-state index is 10.2. The van der Waals surface area contributed by atoms with Gasteiger partial charge in [-0.05, 0) is 93.9 Å². The Hall–Kier alpha value is 0.140. The van der Waals surface area contributed by atoms with E-state index in [1.807, 2.05) is 13.8 Å². The molecule has 0 radical (unpaired) electrons. The van der Waals surface area contributed by atoms with E-state index in [4.69, 9.17) is 4.74 Å². The van der Waals surface area contributed by atoms with E-state index in [0.717, 1.165) is 25.4 Å². The van der Waals surface area contributed by atoms with Gasteiger partial charge in [-0.2, -0.15) is 0 Å². The number of halogens is 1. The topological polar surface area (TPSA) is 29.5 Å². The molecule has 0 bridgehead atoms. The van der Waals surface area contributed by atoms with Gasteiger partial charge >= 0.3 is 0 Å². The molecule has 1 heterocycles. The highest BCUT2D eigenvalue weighted by molar-refractivity contribution is 9.11. The van der Waals surface area contributed by atoms with Gasteiger partial charge in [-0.25, -0.2) is 0 Å². The predicted octanol–water partition coefficient (Wildman–Crippen LogP) is 5.44. The molecule has 2 nitrogen and oxygen atoms in total. The molecule has 1 saturated heterocycles. The van der Waals surface area contributed by atoms with Crippen LogP contribution in [0.5, 0.6) is 0 Å². The summed E-state index contributed by atoms with van der Waals surface area (Å²) in [6.45, 7) is 9.52. The summed E-state index contributed by atoms with van der Waals surface area (Å²) in [6, 6.07) is 0. The van der Waals surface area contributed by atoms with Crippen LogP contribution in [-0.4, -0.2) is 22.9 Å². The fraction of sp³-hybridized carbons (Fsp3) is 0.900. The van der Waals surface area contributed by atoms with E-state index in [0.29, 0.717) is 17.3 Å². The first kappa shape index (κ1) is 17.9. The lowest BCUT2D eigenvalue weighted by Crippen LogP contribution is -2.45. The number of allylic oxidation sites excluding steroid dienone is 1. The standard InChI is InChI=1S/C20H33BrO2/c1-18(2,22)10-14-11-20(4,23-13-14)17-8-7-16-15(12-21)6-5-9-19(16,17)3/h12,14,16-17,22H,5-11,13H2,1-4H3/b15-12+/t14-,16+,17+,19+,20+/m1/s1. The van der Waals surface area contributed by atoms with Crippen molar-refractivity contribution in [3.05, 3.63) is 10.6 Å². The van der Waals surface area contributed by atoms with Crippen molar-refractivity contribution in [3.8, 4) is 0 Å². The summed E-state index contributed by atoms with van der Waals surface area (Å²) < 4.78 is 6.42. The highest BCUT2D eigenvalue weighted by Crippen LogP contribution is 2.62. The van der Waals surface area contributed by atoms with E-state index in [1.165, 1.54) is 32.1 Å². The van der Waals surface area contributed by atoms with Gasteiger partial charge in [-0.1, -0.05) is 28.4 Å². The molecule has 3 rings (SSSR count). The Labute approximate surface area is 150 Å². The zero-order chi connectivity index (χ0) is 16.9. The van der Waals surface area contributed by atoms with E-state index >= 15 is 0 Å². The lowest BCUT2D eigenvalue weighted by molar-refractivity contribution is -0.0753. The van der Waals surface area contributed by atoms with Crippen molar-refractivity contribution in [3.63, 3.8) is 0 Å². The van der Waals surface area contributed by atoms with Crippen LogP contribution in [0, 0.1) is 23.2 Å². The minimum absolute atomic E-state index is 0.00577. The van der Waals surface area contributed by atoms with Crippen molar-refractivity contribution in [1.29, 1.82) is 0 Å². The minimum atomic E-state index is -0.585. The van der Waals surface area contributed by atoms with Crippen LogP contribution in [-0.2, 0) is 4.74 Å². The van der Waals surface area contributed by atoms with Gasteiger partial charge in [-0.15, -0.1) is 0 Å². The normalized spacial score (nSPS) is 46.3. The van der Waals surface area contributed by atoms with Gasteiger partial charge in [0.25, 0.3) is 0 Å². The highest BCUT2D eigenvalue weighted by atomic mass is 79.9. The third kappa shape index (κ3) is 3.30. The van der Waals surface area contributed by atoms with Crippen molar-refractivity contribution in [1.82, 2.24) is 0 Å². The molecule has 3 heteroatoms. The number of ether oxygens (including phenoxy) is 1. The van der Waals surface area contributed by atoms with Crippen molar-refractivity contribution < 1.29 is 9.84 Å². The molecular weight excluding hydrogens is 352 g/mol. The van der Waals surface area contributed by atoms with Crippen LogP contribution in [0.1, 0.15) is 72.6 Å². The molecule has 1 N–H and O–H groups in total. The Morgan fingerprint density at radius 1 is 1.35 bits per heavy atom. The fourth-order valence-corrected chi connectivity index (χ4v) is 6.80. The smallest absolute Gasteiger partial charge is 0.0691 e. The van der Waals surface area contributed by atoms with Gasteiger partial charge in [0.1, 0.15) is 0 Å². The molecule has 2 saturated carbocycles. The van der Waals surface area contributed by atoms with Crippen molar-refractivity contribution in [2.75, 3.05) is 6.61 Å². The van der Waals surface area contributed by atoms with Crippen LogP contribution in [0.25, 0.3) is 0 Å². The second-order valence-electron chi connectivity index (χ2n) is 9.44. The summed E-state index contributed by atoms with van der Waals surface area (Å²) >= 11 is 3.61. The van der Waals surface area contributed by atoms with Gasteiger partial charge in [0.15, 0.2) is 0 Å². The summed E-state index contributed by atoms with van der Waals surface area (Å²) in [6.07, 6.45) is 8.47. The Morgan fingerprint density at radius 2 is 2.09 bits per heavy atom. The first-order valence-electron chi connectivity index (χ1n) is 9.33. The lowest BCUT2D eigenvalue weighted by atomic mass is 9.60. The van der Waals surface area contributed by atoms with Crippen LogP contribution >= 0.6 is 15.9 Å². The fourth-order valence-electron chi connectivity index (χ4n) is 6.25. The zero-order valence-electron chi connectivity index (χ0n) is 15.2. The quantitative estimate of drug-likeness (QED) is 0.701. The molecule has 0 aromatic carbocycles. The number of aliphatic hydroxyl groups is 1. The molecule has 0 aromatic rings. The Morgan fingerprint density at radius 3 is 2.74 bits per heavy atom. The Balaban J connectivity index is 1.77. The molecule has 3 aliphatic rings. The second-order valence-corrected chi connectivity index (χ2v) is 9.89. The molecule has 2 aliphatic carbocycles. The van der Waals surface area contributed by atoms with E-state index in [9.17, 15) is 5.11 Å². The summed E-state index contributed by atoms with van der Waals surface area (Å²) in [5.41, 5.74) is 1.42. The van der Waals surface area contributed by atoms with Gasteiger partial charge in [-0.3, -0.25) is 0 Å². The van der Waals surface area contributed by atoms with E-state index in [-0.39, 0.29) is 5.60 Å². The van der Waals surface area contributed by atoms with Crippen molar-refractivity contribution in [2.45, 2.75) is 83.8 Å². The van der Waals surface area contributed by atoms with Crippen LogP contribution in [0.3, 0.4) is 0 Å². The molecule has 3 fully saturated rings. The van der Waals surface area contributed by atoms with Gasteiger partial charge in [0.2, 0.25) is 0 Å². The third-order valence-corrected chi connectivity index (χ3v) is 7.56. The highest BCUT2D eigenvalue weighted by Gasteiger charge is 2.57. The monoisotopic (exact) mass is 384 g/mol. The maximum Gasteiger partial charge on any atom is 0.0691 e. The molecule has 0 unspecified atom stereocenters. The maximum absolute atomic E-state index is 10.2. The largest absolute Gasteiger partial charge is 0.390 e. The van der Waals surface area contributed by atoms with Crippen LogP contribution < -0.4 is 0 Å². The SMILES string of the molecule is CC(C)(O)C[C@H]1CO[C@](C)([C@H]2CC[C@H]3/C(=C/Br)CCC[C@@]32C)C1. The van der Waals surface area contributed by atoms with Gasteiger partial charge in [0.05, 0.1) is 17.8 Å². The molecule has 5 atom stereocenters.